The third-order valence-corrected chi connectivity index (χ3v) is 3.35. The number of benzene rings is 1. The third kappa shape index (κ3) is 3.34. The first-order valence-corrected chi connectivity index (χ1v) is 6.71. The zero-order valence-corrected chi connectivity index (χ0v) is 11.9. The molecule has 21 heavy (non-hydrogen) atoms. The summed E-state index contributed by atoms with van der Waals surface area (Å²) in [5.74, 6) is -1.93. The molecule has 2 aromatic rings. The molecule has 6 heteroatoms. The first-order chi connectivity index (χ1) is 10.0. The number of rotatable bonds is 5. The van der Waals surface area contributed by atoms with Crippen LogP contribution in [-0.2, 0) is 4.79 Å². The van der Waals surface area contributed by atoms with Gasteiger partial charge in [0.1, 0.15) is 5.52 Å². The van der Waals surface area contributed by atoms with E-state index in [0.29, 0.717) is 16.6 Å². The maximum Gasteiger partial charge on any atom is 0.308 e. The molecule has 0 spiro atoms. The van der Waals surface area contributed by atoms with E-state index in [2.05, 4.69) is 15.3 Å². The zero-order chi connectivity index (χ0) is 15.4. The second-order valence-corrected chi connectivity index (χ2v) is 5.13. The number of nitrogens with zero attached hydrogens (tertiary/aromatic N) is 2. The van der Waals surface area contributed by atoms with Crippen molar-refractivity contribution >= 4 is 22.9 Å². The summed E-state index contributed by atoms with van der Waals surface area (Å²) in [6.07, 6.45) is 3.08. The largest absolute Gasteiger partial charge is 0.481 e. The number of carbonyl (C=O) groups excluding carboxylic acids is 1. The molecule has 0 aliphatic heterocycles. The Morgan fingerprint density at radius 3 is 2.62 bits per heavy atom. The summed E-state index contributed by atoms with van der Waals surface area (Å²) in [5.41, 5.74) is 1.53. The van der Waals surface area contributed by atoms with Gasteiger partial charge in [-0.15, -0.1) is 0 Å². The highest BCUT2D eigenvalue weighted by Crippen LogP contribution is 2.14. The molecule has 1 atom stereocenters. The number of amides is 1. The molecule has 110 valence electrons. The molecule has 2 N–H and O–H groups in total. The van der Waals surface area contributed by atoms with Crippen LogP contribution in [0.5, 0.6) is 0 Å². The van der Waals surface area contributed by atoms with E-state index < -0.39 is 11.9 Å². The van der Waals surface area contributed by atoms with Gasteiger partial charge in [0.05, 0.1) is 17.0 Å². The van der Waals surface area contributed by atoms with Crippen molar-refractivity contribution < 1.29 is 14.7 Å². The SMILES string of the molecule is CC(C)C(CNC(=O)c1cccc2nccnc12)C(=O)O. The molecular weight excluding hydrogens is 270 g/mol. The Balaban J connectivity index is 2.18. The summed E-state index contributed by atoms with van der Waals surface area (Å²) in [4.78, 5) is 31.7. The maximum atomic E-state index is 12.2. The predicted molar refractivity (Wildman–Crippen MR) is 77.8 cm³/mol. The molecule has 1 heterocycles. The molecule has 0 bridgehead atoms. The third-order valence-electron chi connectivity index (χ3n) is 3.35. The highest BCUT2D eigenvalue weighted by Gasteiger charge is 2.22. The van der Waals surface area contributed by atoms with Gasteiger partial charge in [0.25, 0.3) is 5.91 Å². The van der Waals surface area contributed by atoms with E-state index >= 15 is 0 Å². The van der Waals surface area contributed by atoms with Crippen LogP contribution in [0.4, 0.5) is 0 Å². The maximum absolute atomic E-state index is 12.2. The van der Waals surface area contributed by atoms with Gasteiger partial charge in [0.2, 0.25) is 0 Å². The monoisotopic (exact) mass is 287 g/mol. The van der Waals surface area contributed by atoms with Crippen LogP contribution in [0.2, 0.25) is 0 Å². The van der Waals surface area contributed by atoms with Crippen LogP contribution in [0.15, 0.2) is 30.6 Å². The van der Waals surface area contributed by atoms with Crippen molar-refractivity contribution in [2.45, 2.75) is 13.8 Å². The first kappa shape index (κ1) is 14.9. The molecule has 0 aliphatic rings. The van der Waals surface area contributed by atoms with Crippen LogP contribution >= 0.6 is 0 Å². The Hall–Kier alpha value is -2.50. The number of nitrogens with one attached hydrogen (secondary N) is 1. The summed E-state index contributed by atoms with van der Waals surface area (Å²) in [6, 6.07) is 5.15. The van der Waals surface area contributed by atoms with E-state index in [4.69, 9.17) is 5.11 Å². The van der Waals surface area contributed by atoms with Gasteiger partial charge < -0.3 is 10.4 Å². The van der Waals surface area contributed by atoms with Gasteiger partial charge >= 0.3 is 5.97 Å². The molecule has 0 fully saturated rings. The summed E-state index contributed by atoms with van der Waals surface area (Å²) < 4.78 is 0. The van der Waals surface area contributed by atoms with Crippen molar-refractivity contribution in [2.75, 3.05) is 6.54 Å². The lowest BCUT2D eigenvalue weighted by Gasteiger charge is -2.16. The molecule has 0 saturated heterocycles. The molecule has 2 rings (SSSR count). The van der Waals surface area contributed by atoms with Crippen LogP contribution in [0.1, 0.15) is 24.2 Å². The van der Waals surface area contributed by atoms with Crippen molar-refractivity contribution in [2.24, 2.45) is 11.8 Å². The lowest BCUT2D eigenvalue weighted by molar-refractivity contribution is -0.142. The minimum atomic E-state index is -0.914. The van der Waals surface area contributed by atoms with Crippen LogP contribution < -0.4 is 5.32 Å². The number of aliphatic carboxylic acids is 1. The smallest absolute Gasteiger partial charge is 0.308 e. The molecule has 1 unspecified atom stereocenters. The number of hydrogen-bond acceptors (Lipinski definition) is 4. The van der Waals surface area contributed by atoms with E-state index in [0.717, 1.165) is 0 Å². The molecule has 1 aromatic carbocycles. The van der Waals surface area contributed by atoms with E-state index in [-0.39, 0.29) is 18.4 Å². The van der Waals surface area contributed by atoms with Gasteiger partial charge in [-0.3, -0.25) is 19.6 Å². The second-order valence-electron chi connectivity index (χ2n) is 5.13. The van der Waals surface area contributed by atoms with E-state index in [1.807, 2.05) is 13.8 Å². The number of carbonyl (C=O) groups is 2. The molecular formula is C15H17N3O3. The van der Waals surface area contributed by atoms with Crippen molar-refractivity contribution in [1.82, 2.24) is 15.3 Å². The Kier molecular flexibility index (Phi) is 4.47. The fourth-order valence-corrected chi connectivity index (χ4v) is 2.08. The highest BCUT2D eigenvalue weighted by atomic mass is 16.4. The molecule has 0 saturated carbocycles. The van der Waals surface area contributed by atoms with Crippen LogP contribution in [-0.4, -0.2) is 33.5 Å². The van der Waals surface area contributed by atoms with E-state index in [1.165, 1.54) is 6.20 Å². The summed E-state index contributed by atoms with van der Waals surface area (Å²) in [6.45, 7) is 3.71. The Bertz CT molecular complexity index is 665. The van der Waals surface area contributed by atoms with Gasteiger partial charge in [-0.1, -0.05) is 19.9 Å². The number of carboxylic acid groups (broad SMARTS) is 1. The zero-order valence-electron chi connectivity index (χ0n) is 11.9. The van der Waals surface area contributed by atoms with Gasteiger partial charge in [-0.2, -0.15) is 0 Å². The molecule has 1 aromatic heterocycles. The number of hydrogen-bond donors (Lipinski definition) is 2. The summed E-state index contributed by atoms with van der Waals surface area (Å²) >= 11 is 0. The van der Waals surface area contributed by atoms with Gasteiger partial charge in [-0.25, -0.2) is 0 Å². The number of fused-ring (bicyclic) bond motifs is 1. The average Bonchev–Trinajstić information content (AvgIpc) is 2.46. The highest BCUT2D eigenvalue weighted by molar-refractivity contribution is 6.04. The summed E-state index contributed by atoms with van der Waals surface area (Å²) in [5, 5.41) is 11.8. The van der Waals surface area contributed by atoms with Crippen molar-refractivity contribution in [3.8, 4) is 0 Å². The van der Waals surface area contributed by atoms with Gasteiger partial charge in [0, 0.05) is 18.9 Å². The van der Waals surface area contributed by atoms with E-state index in [9.17, 15) is 9.59 Å². The normalized spacial score (nSPS) is 12.3. The Labute approximate surface area is 122 Å². The van der Waals surface area contributed by atoms with Gasteiger partial charge in [-0.05, 0) is 18.1 Å². The van der Waals surface area contributed by atoms with Crippen molar-refractivity contribution in [1.29, 1.82) is 0 Å². The Morgan fingerprint density at radius 2 is 1.95 bits per heavy atom. The first-order valence-electron chi connectivity index (χ1n) is 6.71. The Morgan fingerprint density at radius 1 is 1.24 bits per heavy atom. The van der Waals surface area contributed by atoms with Crippen molar-refractivity contribution in [3.63, 3.8) is 0 Å². The molecule has 6 nitrogen and oxygen atoms in total. The minimum Gasteiger partial charge on any atom is -0.481 e. The fourth-order valence-electron chi connectivity index (χ4n) is 2.08. The fraction of sp³-hybridized carbons (Fsp3) is 0.333. The standard InChI is InChI=1S/C15H17N3O3/c1-9(2)11(15(20)21)8-18-14(19)10-4-3-5-12-13(10)17-7-6-16-12/h3-7,9,11H,8H2,1-2H3,(H,18,19)(H,20,21). The summed E-state index contributed by atoms with van der Waals surface area (Å²) in [7, 11) is 0. The quantitative estimate of drug-likeness (QED) is 0.873. The number of para-hydroxylation sites is 1. The molecule has 0 radical (unpaired) electrons. The van der Waals surface area contributed by atoms with Crippen LogP contribution in [0.25, 0.3) is 11.0 Å². The van der Waals surface area contributed by atoms with Crippen LogP contribution in [0.3, 0.4) is 0 Å². The van der Waals surface area contributed by atoms with Crippen LogP contribution in [0, 0.1) is 11.8 Å². The molecule has 1 amide bonds. The minimum absolute atomic E-state index is 0.0601. The average molecular weight is 287 g/mol. The lowest BCUT2D eigenvalue weighted by Crippen LogP contribution is -2.35. The van der Waals surface area contributed by atoms with Gasteiger partial charge in [0.15, 0.2) is 0 Å². The number of aromatic nitrogens is 2. The molecule has 0 aliphatic carbocycles. The lowest BCUT2D eigenvalue weighted by atomic mass is 9.96. The van der Waals surface area contributed by atoms with Crippen molar-refractivity contribution in [3.05, 3.63) is 36.2 Å². The second kappa shape index (κ2) is 6.30. The number of carboxylic acids is 1. The van der Waals surface area contributed by atoms with E-state index in [1.54, 1.807) is 24.4 Å². The predicted octanol–water partition coefficient (Wildman–Crippen LogP) is 1.72. The topological polar surface area (TPSA) is 92.2 Å².